The summed E-state index contributed by atoms with van der Waals surface area (Å²) in [5.41, 5.74) is 0. The average molecular weight is 266 g/mol. The zero-order chi connectivity index (χ0) is 13.1. The van der Waals surface area contributed by atoms with Crippen molar-refractivity contribution in [3.63, 3.8) is 0 Å². The molecule has 0 spiro atoms. The van der Waals surface area contributed by atoms with Crippen LogP contribution in [0.25, 0.3) is 0 Å². The third-order valence-electron chi connectivity index (χ3n) is 3.90. The van der Waals surface area contributed by atoms with E-state index in [-0.39, 0.29) is 6.61 Å². The minimum absolute atomic E-state index is 0.263. The van der Waals surface area contributed by atoms with E-state index in [0.717, 1.165) is 25.9 Å². The molecule has 3 rings (SSSR count). The number of aliphatic hydroxyl groups is 1. The molecule has 19 heavy (non-hydrogen) atoms. The van der Waals surface area contributed by atoms with E-state index < -0.39 is 0 Å². The van der Waals surface area contributed by atoms with Gasteiger partial charge in [0, 0.05) is 25.7 Å². The van der Waals surface area contributed by atoms with Crippen molar-refractivity contribution >= 4 is 6.01 Å². The van der Waals surface area contributed by atoms with Gasteiger partial charge in [0.1, 0.15) is 0 Å². The van der Waals surface area contributed by atoms with Gasteiger partial charge in [0.15, 0.2) is 0 Å². The molecule has 2 N–H and O–H groups in total. The van der Waals surface area contributed by atoms with Gasteiger partial charge in [-0.25, -0.2) is 0 Å². The summed E-state index contributed by atoms with van der Waals surface area (Å²) in [6.45, 7) is 2.82. The van der Waals surface area contributed by atoms with E-state index in [9.17, 15) is 0 Å². The van der Waals surface area contributed by atoms with Crippen LogP contribution in [0.4, 0.5) is 6.01 Å². The fourth-order valence-corrected chi connectivity index (χ4v) is 2.62. The van der Waals surface area contributed by atoms with E-state index in [1.54, 1.807) is 0 Å². The summed E-state index contributed by atoms with van der Waals surface area (Å²) >= 11 is 0. The summed E-state index contributed by atoms with van der Waals surface area (Å²) in [6, 6.07) is 1.29. The minimum atomic E-state index is 0.263. The lowest BCUT2D eigenvalue weighted by molar-refractivity contribution is 0.242. The Morgan fingerprint density at radius 2 is 2.21 bits per heavy atom. The lowest BCUT2D eigenvalue weighted by atomic mass is 9.95. The largest absolute Gasteiger partial charge is 0.407 e. The Kier molecular flexibility index (Phi) is 3.98. The number of hydrogen-bond donors (Lipinski definition) is 2. The Bertz CT molecular complexity index is 403. The highest BCUT2D eigenvalue weighted by atomic mass is 16.4. The first kappa shape index (κ1) is 12.9. The molecule has 1 saturated heterocycles. The second-order valence-corrected chi connectivity index (χ2v) is 5.60. The van der Waals surface area contributed by atoms with Gasteiger partial charge in [-0.15, -0.1) is 5.10 Å². The Labute approximate surface area is 113 Å². The number of hydrogen-bond acceptors (Lipinski definition) is 6. The zero-order valence-corrected chi connectivity index (χ0v) is 11.2. The third-order valence-corrected chi connectivity index (χ3v) is 3.90. The monoisotopic (exact) mass is 266 g/mol. The fourth-order valence-electron chi connectivity index (χ4n) is 2.62. The van der Waals surface area contributed by atoms with Gasteiger partial charge >= 0.3 is 6.01 Å². The van der Waals surface area contributed by atoms with E-state index in [0.29, 0.717) is 30.4 Å². The third kappa shape index (κ3) is 3.45. The second kappa shape index (κ2) is 5.88. The maximum atomic E-state index is 9.03. The molecular formula is C13H22N4O2. The normalized spacial score (nSPS) is 23.8. The molecule has 1 aromatic heterocycles. The molecule has 106 valence electrons. The summed E-state index contributed by atoms with van der Waals surface area (Å²) in [4.78, 5) is 2.15. The number of anilines is 1. The van der Waals surface area contributed by atoms with Gasteiger partial charge < -0.3 is 19.7 Å². The predicted octanol–water partition coefficient (Wildman–Crippen LogP) is 0.920. The summed E-state index contributed by atoms with van der Waals surface area (Å²) in [7, 11) is 0. The van der Waals surface area contributed by atoms with Crippen LogP contribution in [0.1, 0.15) is 38.0 Å². The van der Waals surface area contributed by atoms with E-state index in [4.69, 9.17) is 9.52 Å². The maximum absolute atomic E-state index is 9.03. The van der Waals surface area contributed by atoms with E-state index >= 15 is 0 Å². The van der Waals surface area contributed by atoms with Crippen LogP contribution in [0.5, 0.6) is 0 Å². The van der Waals surface area contributed by atoms with Crippen LogP contribution in [-0.4, -0.2) is 41.0 Å². The highest BCUT2D eigenvalue weighted by molar-refractivity contribution is 5.25. The molecule has 0 aromatic carbocycles. The van der Waals surface area contributed by atoms with Gasteiger partial charge in [-0.2, -0.15) is 0 Å². The molecule has 0 bridgehead atoms. The fraction of sp³-hybridized carbons (Fsp3) is 0.846. The summed E-state index contributed by atoms with van der Waals surface area (Å²) in [6.07, 6.45) is 5.69. The Balaban J connectivity index is 1.54. The quantitative estimate of drug-likeness (QED) is 0.797. The number of aromatic nitrogens is 2. The molecule has 1 aliphatic carbocycles. The number of piperidine rings is 1. The van der Waals surface area contributed by atoms with Crippen molar-refractivity contribution in [1.29, 1.82) is 0 Å². The van der Waals surface area contributed by atoms with E-state index in [1.807, 2.05) is 0 Å². The van der Waals surface area contributed by atoms with Crippen molar-refractivity contribution in [3.8, 4) is 0 Å². The van der Waals surface area contributed by atoms with Crippen molar-refractivity contribution in [3.05, 3.63) is 5.89 Å². The first-order valence-corrected chi connectivity index (χ1v) is 7.26. The van der Waals surface area contributed by atoms with Gasteiger partial charge in [-0.3, -0.25) is 0 Å². The standard InChI is InChI=1S/C13H22N4O2/c18-7-5-10-2-1-6-17(9-10)13-16-15-12(19-13)8-14-11-3-4-11/h10-11,14,18H,1-9H2. The van der Waals surface area contributed by atoms with Crippen molar-refractivity contribution in [2.75, 3.05) is 24.6 Å². The SMILES string of the molecule is OCCC1CCCN(c2nnc(CNC3CC3)o2)C1. The molecule has 1 unspecified atom stereocenters. The Hall–Kier alpha value is -1.14. The van der Waals surface area contributed by atoms with E-state index in [2.05, 4.69) is 20.4 Å². The summed E-state index contributed by atoms with van der Waals surface area (Å²) in [5.74, 6) is 1.21. The molecular weight excluding hydrogens is 244 g/mol. The van der Waals surface area contributed by atoms with Crippen LogP contribution in [-0.2, 0) is 6.54 Å². The predicted molar refractivity (Wildman–Crippen MR) is 70.8 cm³/mol. The molecule has 1 aromatic rings. The van der Waals surface area contributed by atoms with Crippen molar-refractivity contribution in [2.45, 2.75) is 44.7 Å². The number of nitrogens with zero attached hydrogens (tertiary/aromatic N) is 3. The molecule has 0 amide bonds. The van der Waals surface area contributed by atoms with Gasteiger partial charge in [0.05, 0.1) is 6.54 Å². The zero-order valence-electron chi connectivity index (χ0n) is 11.2. The maximum Gasteiger partial charge on any atom is 0.318 e. The molecule has 1 saturated carbocycles. The molecule has 1 aliphatic heterocycles. The molecule has 2 heterocycles. The molecule has 6 heteroatoms. The molecule has 2 fully saturated rings. The first-order chi connectivity index (χ1) is 9.35. The summed E-state index contributed by atoms with van der Waals surface area (Å²) in [5, 5.41) is 20.6. The van der Waals surface area contributed by atoms with Crippen LogP contribution in [0.2, 0.25) is 0 Å². The smallest absolute Gasteiger partial charge is 0.318 e. The molecule has 0 radical (unpaired) electrons. The van der Waals surface area contributed by atoms with Crippen LogP contribution in [0.15, 0.2) is 4.42 Å². The van der Waals surface area contributed by atoms with Gasteiger partial charge in [-0.05, 0) is 38.0 Å². The molecule has 6 nitrogen and oxygen atoms in total. The van der Waals surface area contributed by atoms with Gasteiger partial charge in [0.25, 0.3) is 0 Å². The van der Waals surface area contributed by atoms with Crippen molar-refractivity contribution in [1.82, 2.24) is 15.5 Å². The summed E-state index contributed by atoms with van der Waals surface area (Å²) < 4.78 is 5.71. The number of rotatable bonds is 6. The van der Waals surface area contributed by atoms with Crippen LogP contribution >= 0.6 is 0 Å². The lowest BCUT2D eigenvalue weighted by Gasteiger charge is -2.30. The topological polar surface area (TPSA) is 74.4 Å². The number of aliphatic hydroxyl groups excluding tert-OH is 1. The Morgan fingerprint density at radius 3 is 3.00 bits per heavy atom. The lowest BCUT2D eigenvalue weighted by Crippen LogP contribution is -2.36. The van der Waals surface area contributed by atoms with Crippen molar-refractivity contribution < 1.29 is 9.52 Å². The van der Waals surface area contributed by atoms with Gasteiger partial charge in [-0.1, -0.05) is 5.10 Å². The van der Waals surface area contributed by atoms with E-state index in [1.165, 1.54) is 19.3 Å². The van der Waals surface area contributed by atoms with Gasteiger partial charge in [0.2, 0.25) is 5.89 Å². The van der Waals surface area contributed by atoms with Crippen molar-refractivity contribution in [2.24, 2.45) is 5.92 Å². The average Bonchev–Trinajstić information content (AvgIpc) is 3.14. The highest BCUT2D eigenvalue weighted by Gasteiger charge is 2.24. The first-order valence-electron chi connectivity index (χ1n) is 7.26. The Morgan fingerprint density at radius 1 is 1.32 bits per heavy atom. The van der Waals surface area contributed by atoms with Crippen LogP contribution in [0, 0.1) is 5.92 Å². The minimum Gasteiger partial charge on any atom is -0.407 e. The highest BCUT2D eigenvalue weighted by Crippen LogP contribution is 2.24. The molecule has 2 aliphatic rings. The van der Waals surface area contributed by atoms with Crippen LogP contribution in [0.3, 0.4) is 0 Å². The second-order valence-electron chi connectivity index (χ2n) is 5.60. The number of nitrogens with one attached hydrogen (secondary N) is 1. The molecule has 1 atom stereocenters. The van der Waals surface area contributed by atoms with Crippen LogP contribution < -0.4 is 10.2 Å².